The minimum absolute atomic E-state index is 0. The maximum absolute atomic E-state index is 12.7. The summed E-state index contributed by atoms with van der Waals surface area (Å²) in [6.07, 6.45) is 3.44. The Morgan fingerprint density at radius 1 is 1.26 bits per heavy atom. The quantitative estimate of drug-likeness (QED) is 0.854. The van der Waals surface area contributed by atoms with E-state index in [4.69, 9.17) is 33.7 Å². The highest BCUT2D eigenvalue weighted by Crippen LogP contribution is 2.32. The van der Waals surface area contributed by atoms with Gasteiger partial charge in [0.05, 0.1) is 28.7 Å². The van der Waals surface area contributed by atoms with Gasteiger partial charge in [0.1, 0.15) is 6.10 Å². The third-order valence-corrected chi connectivity index (χ3v) is 5.33. The second-order valence-electron chi connectivity index (χ2n) is 6.15. The third kappa shape index (κ3) is 3.94. The fourth-order valence-electron chi connectivity index (χ4n) is 3.28. The number of ether oxygens (including phenoxy) is 1. The van der Waals surface area contributed by atoms with Crippen molar-refractivity contribution in [3.63, 3.8) is 0 Å². The van der Waals surface area contributed by atoms with E-state index in [1.165, 1.54) is 0 Å². The summed E-state index contributed by atoms with van der Waals surface area (Å²) in [5, 5.41) is 1.01. The Kier molecular flexibility index (Phi) is 6.20. The number of nitrogens with zero attached hydrogens (tertiary/aromatic N) is 1. The third-order valence-electron chi connectivity index (χ3n) is 4.59. The number of morpholine rings is 1. The molecule has 1 amide bonds. The van der Waals surface area contributed by atoms with E-state index in [0.717, 1.165) is 31.2 Å². The zero-order valence-electron chi connectivity index (χ0n) is 12.8. The van der Waals surface area contributed by atoms with Gasteiger partial charge < -0.3 is 15.4 Å². The molecule has 1 aliphatic carbocycles. The van der Waals surface area contributed by atoms with Gasteiger partial charge in [-0.2, -0.15) is 0 Å². The maximum atomic E-state index is 12.7. The van der Waals surface area contributed by atoms with Crippen LogP contribution in [0.3, 0.4) is 0 Å². The molecule has 128 valence electrons. The standard InChI is InChI=1S/C16H20Cl2N2O2.ClH/c17-12-4-3-11(9-13(12)18)14-10-20(7-8-22-14)15(21)16(19)5-1-2-6-16;/h3-4,9,14H,1-2,5-8,10,19H2;1H. The lowest BCUT2D eigenvalue weighted by molar-refractivity contribution is -0.144. The van der Waals surface area contributed by atoms with Gasteiger partial charge >= 0.3 is 0 Å². The molecule has 1 aliphatic heterocycles. The van der Waals surface area contributed by atoms with E-state index in [9.17, 15) is 4.79 Å². The Labute approximate surface area is 152 Å². The zero-order chi connectivity index (χ0) is 15.7. The number of nitrogens with two attached hydrogens (primary N) is 1. The number of rotatable bonds is 2. The summed E-state index contributed by atoms with van der Waals surface area (Å²) in [5.41, 5.74) is 6.54. The van der Waals surface area contributed by atoms with Crippen LogP contribution in [-0.2, 0) is 9.53 Å². The highest BCUT2D eigenvalue weighted by atomic mass is 35.5. The lowest BCUT2D eigenvalue weighted by atomic mass is 9.96. The van der Waals surface area contributed by atoms with Gasteiger partial charge in [-0.3, -0.25) is 4.79 Å². The van der Waals surface area contributed by atoms with Gasteiger partial charge in [0.25, 0.3) is 0 Å². The van der Waals surface area contributed by atoms with Crippen molar-refractivity contribution in [1.29, 1.82) is 0 Å². The Morgan fingerprint density at radius 3 is 2.61 bits per heavy atom. The second-order valence-corrected chi connectivity index (χ2v) is 6.96. The average molecular weight is 380 g/mol. The Morgan fingerprint density at radius 2 is 1.96 bits per heavy atom. The monoisotopic (exact) mass is 378 g/mol. The number of hydrogen-bond acceptors (Lipinski definition) is 3. The molecule has 0 bridgehead atoms. The molecule has 3 rings (SSSR count). The predicted molar refractivity (Wildman–Crippen MR) is 94.4 cm³/mol. The van der Waals surface area contributed by atoms with Crippen molar-refractivity contribution >= 4 is 41.5 Å². The molecule has 1 aromatic carbocycles. The molecule has 0 aromatic heterocycles. The van der Waals surface area contributed by atoms with E-state index in [-0.39, 0.29) is 24.4 Å². The van der Waals surface area contributed by atoms with Gasteiger partial charge in [-0.1, -0.05) is 42.1 Å². The number of amides is 1. The van der Waals surface area contributed by atoms with Crippen LogP contribution in [0.15, 0.2) is 18.2 Å². The molecule has 2 aliphatic rings. The van der Waals surface area contributed by atoms with Crippen LogP contribution in [0.5, 0.6) is 0 Å². The van der Waals surface area contributed by atoms with Gasteiger partial charge in [-0.25, -0.2) is 0 Å². The summed E-state index contributed by atoms with van der Waals surface area (Å²) in [7, 11) is 0. The number of hydrogen-bond donors (Lipinski definition) is 1. The van der Waals surface area contributed by atoms with Gasteiger partial charge in [0, 0.05) is 6.54 Å². The summed E-state index contributed by atoms with van der Waals surface area (Å²) in [6.45, 7) is 1.61. The summed E-state index contributed by atoms with van der Waals surface area (Å²) in [5.74, 6) is 0.0540. The molecular weight excluding hydrogens is 359 g/mol. The fourth-order valence-corrected chi connectivity index (χ4v) is 3.59. The molecule has 0 radical (unpaired) electrons. The Balaban J connectivity index is 0.00000192. The first-order valence-electron chi connectivity index (χ1n) is 7.64. The largest absolute Gasteiger partial charge is 0.370 e. The van der Waals surface area contributed by atoms with Crippen molar-refractivity contribution in [2.45, 2.75) is 37.3 Å². The van der Waals surface area contributed by atoms with E-state index in [2.05, 4.69) is 0 Å². The summed E-state index contributed by atoms with van der Waals surface area (Å²) in [6, 6.07) is 5.45. The van der Waals surface area contributed by atoms with E-state index in [1.54, 1.807) is 12.1 Å². The SMILES string of the molecule is Cl.NC1(C(=O)N2CCOC(c3ccc(Cl)c(Cl)c3)C2)CCCC1. The van der Waals surface area contributed by atoms with Crippen LogP contribution in [0.1, 0.15) is 37.4 Å². The smallest absolute Gasteiger partial charge is 0.242 e. The van der Waals surface area contributed by atoms with Crippen molar-refractivity contribution in [2.75, 3.05) is 19.7 Å². The van der Waals surface area contributed by atoms with E-state index in [1.807, 2.05) is 11.0 Å². The van der Waals surface area contributed by atoms with Gasteiger partial charge in [-0.15, -0.1) is 12.4 Å². The predicted octanol–water partition coefficient (Wildman–Crippen LogP) is 3.59. The molecular formula is C16H21Cl3N2O2. The lowest BCUT2D eigenvalue weighted by Crippen LogP contribution is -2.56. The van der Waals surface area contributed by atoms with Gasteiger partial charge in [-0.05, 0) is 30.5 Å². The Hall–Kier alpha value is -0.520. The van der Waals surface area contributed by atoms with Gasteiger partial charge in [0.2, 0.25) is 5.91 Å². The summed E-state index contributed by atoms with van der Waals surface area (Å²) in [4.78, 5) is 14.6. The minimum atomic E-state index is -0.681. The van der Waals surface area contributed by atoms with E-state index >= 15 is 0 Å². The first kappa shape index (κ1) is 18.8. The minimum Gasteiger partial charge on any atom is -0.370 e. The highest BCUT2D eigenvalue weighted by molar-refractivity contribution is 6.42. The van der Waals surface area contributed by atoms with Crippen LogP contribution in [0.2, 0.25) is 10.0 Å². The first-order valence-corrected chi connectivity index (χ1v) is 8.40. The first-order chi connectivity index (χ1) is 10.5. The topological polar surface area (TPSA) is 55.6 Å². The molecule has 7 heteroatoms. The maximum Gasteiger partial charge on any atom is 0.242 e. The summed E-state index contributed by atoms with van der Waals surface area (Å²) < 4.78 is 5.80. The number of halogens is 3. The fraction of sp³-hybridized carbons (Fsp3) is 0.562. The molecule has 2 fully saturated rings. The molecule has 1 saturated heterocycles. The van der Waals surface area contributed by atoms with Crippen molar-refractivity contribution < 1.29 is 9.53 Å². The molecule has 1 unspecified atom stereocenters. The molecule has 1 saturated carbocycles. The normalized spacial score (nSPS) is 23.4. The summed E-state index contributed by atoms with van der Waals surface area (Å²) >= 11 is 12.0. The number of benzene rings is 1. The van der Waals surface area contributed by atoms with Gasteiger partial charge in [0.15, 0.2) is 0 Å². The molecule has 4 nitrogen and oxygen atoms in total. The van der Waals surface area contributed by atoms with Crippen LogP contribution in [0, 0.1) is 0 Å². The van der Waals surface area contributed by atoms with Crippen LogP contribution in [0.4, 0.5) is 0 Å². The molecule has 23 heavy (non-hydrogen) atoms. The second kappa shape index (κ2) is 7.58. The van der Waals surface area contributed by atoms with Crippen molar-refractivity contribution in [3.05, 3.63) is 33.8 Å². The van der Waals surface area contributed by atoms with E-state index in [0.29, 0.717) is 29.7 Å². The molecule has 1 aromatic rings. The van der Waals surface area contributed by atoms with Crippen LogP contribution >= 0.6 is 35.6 Å². The molecule has 1 atom stereocenters. The molecule has 2 N–H and O–H groups in total. The Bertz CT molecular complexity index is 576. The average Bonchev–Trinajstić information content (AvgIpc) is 2.97. The highest BCUT2D eigenvalue weighted by Gasteiger charge is 2.41. The van der Waals surface area contributed by atoms with Crippen molar-refractivity contribution in [1.82, 2.24) is 4.90 Å². The zero-order valence-corrected chi connectivity index (χ0v) is 15.1. The molecule has 1 heterocycles. The van der Waals surface area contributed by atoms with Crippen LogP contribution < -0.4 is 5.73 Å². The van der Waals surface area contributed by atoms with Crippen LogP contribution in [-0.4, -0.2) is 36.0 Å². The van der Waals surface area contributed by atoms with Crippen molar-refractivity contribution in [3.8, 4) is 0 Å². The van der Waals surface area contributed by atoms with E-state index < -0.39 is 5.54 Å². The van der Waals surface area contributed by atoms with Crippen molar-refractivity contribution in [2.24, 2.45) is 5.73 Å². The van der Waals surface area contributed by atoms with Crippen LogP contribution in [0.25, 0.3) is 0 Å². The lowest BCUT2D eigenvalue weighted by Gasteiger charge is -2.37. The number of carbonyl (C=O) groups excluding carboxylic acids is 1. The molecule has 0 spiro atoms. The number of carbonyl (C=O) groups is 1.